The summed E-state index contributed by atoms with van der Waals surface area (Å²) in [5, 5.41) is 0. The number of terminal acetylenes is 1. The highest BCUT2D eigenvalue weighted by molar-refractivity contribution is 5.59. The van der Waals surface area contributed by atoms with Crippen LogP contribution in [0.15, 0.2) is 176 Å². The fourth-order valence-corrected chi connectivity index (χ4v) is 5.50. The molecule has 0 fully saturated rings. The Kier molecular flexibility index (Phi) is 11.7. The van der Waals surface area contributed by atoms with Crippen LogP contribution in [0, 0.1) is 83.4 Å². The van der Waals surface area contributed by atoms with Crippen molar-refractivity contribution in [2.45, 2.75) is 0 Å². The van der Waals surface area contributed by atoms with Gasteiger partial charge in [-0.2, -0.15) is 0 Å². The molecule has 0 spiro atoms. The lowest BCUT2D eigenvalue weighted by atomic mass is 10.0. The van der Waals surface area contributed by atoms with Gasteiger partial charge < -0.3 is 0 Å². The van der Waals surface area contributed by atoms with Gasteiger partial charge in [0, 0.05) is 72.3 Å². The summed E-state index contributed by atoms with van der Waals surface area (Å²) in [4.78, 5) is 0. The molecule has 0 saturated heterocycles. The van der Waals surface area contributed by atoms with Crippen molar-refractivity contribution in [1.29, 1.82) is 0 Å². The summed E-state index contributed by atoms with van der Waals surface area (Å²) < 4.78 is 0. The van der Waals surface area contributed by atoms with Crippen molar-refractivity contribution in [2.75, 3.05) is 0 Å². The lowest BCUT2D eigenvalue weighted by molar-refractivity contribution is 1.53. The molecule has 56 heavy (non-hydrogen) atoms. The summed E-state index contributed by atoms with van der Waals surface area (Å²) in [5.41, 5.74) is 10.8. The van der Waals surface area contributed by atoms with E-state index in [9.17, 15) is 0 Å². The predicted molar refractivity (Wildman–Crippen MR) is 229 cm³/mol. The maximum atomic E-state index is 5.90. The number of benzene rings is 7. The van der Waals surface area contributed by atoms with Crippen LogP contribution in [0.1, 0.15) is 72.3 Å². The van der Waals surface area contributed by atoms with Crippen LogP contribution < -0.4 is 0 Å². The Balaban J connectivity index is 1.22. The first-order valence-electron chi connectivity index (χ1n) is 17.9. The molecule has 0 atom stereocenters. The Labute approximate surface area is 330 Å². The smallest absolute Gasteiger partial charge is 0.0273 e. The van der Waals surface area contributed by atoms with E-state index in [-0.39, 0.29) is 0 Å². The molecule has 0 N–H and O–H groups in total. The third-order valence-corrected chi connectivity index (χ3v) is 8.17. The molecule has 0 aliphatic carbocycles. The molecule has 7 aromatic rings. The summed E-state index contributed by atoms with van der Waals surface area (Å²) in [6, 6.07) is 57.3. The molecule has 0 heterocycles. The standard InChI is InChI=1S/C56H30/c1-2-44-35-49(31-33-55-40-51(27-23-45-15-7-3-8-16-45)38-52(41-55)28-24-46-17-9-4-10-18-46)37-50(36-44)32-34-56-42-53(29-25-47-19-11-5-12-20-47)39-54(43-56)30-26-48-21-13-6-14-22-48/h1,3-22,35-43H. The van der Waals surface area contributed by atoms with Gasteiger partial charge in [0.2, 0.25) is 0 Å². The van der Waals surface area contributed by atoms with Crippen LogP contribution in [0.4, 0.5) is 0 Å². The molecule has 0 aromatic heterocycles. The predicted octanol–water partition coefficient (Wildman–Crippen LogP) is 10.1. The van der Waals surface area contributed by atoms with E-state index in [2.05, 4.69) is 77.0 Å². The molecule has 0 saturated carbocycles. The average molecular weight is 703 g/mol. The Morgan fingerprint density at radius 2 is 0.357 bits per heavy atom. The summed E-state index contributed by atoms with van der Waals surface area (Å²) in [6.45, 7) is 0. The van der Waals surface area contributed by atoms with E-state index in [1.807, 2.05) is 176 Å². The van der Waals surface area contributed by atoms with Gasteiger partial charge >= 0.3 is 0 Å². The minimum atomic E-state index is 0.690. The fraction of sp³-hybridized carbons (Fsp3) is 0. The summed E-state index contributed by atoms with van der Waals surface area (Å²) in [6.07, 6.45) is 5.90. The zero-order valence-corrected chi connectivity index (χ0v) is 30.3. The Morgan fingerprint density at radius 1 is 0.196 bits per heavy atom. The molecule has 0 nitrogen and oxygen atoms in total. The Bertz CT molecular complexity index is 2610. The summed E-state index contributed by atoms with van der Waals surface area (Å²) in [5.74, 6) is 42.2. The molecule has 7 rings (SSSR count). The fourth-order valence-electron chi connectivity index (χ4n) is 5.50. The van der Waals surface area contributed by atoms with Crippen LogP contribution in [0.25, 0.3) is 0 Å². The molecule has 0 radical (unpaired) electrons. The molecular weight excluding hydrogens is 673 g/mol. The van der Waals surface area contributed by atoms with Crippen LogP contribution in [0.2, 0.25) is 0 Å². The molecule has 0 unspecified atom stereocenters. The molecule has 0 bridgehead atoms. The molecule has 0 aliphatic rings. The quantitative estimate of drug-likeness (QED) is 0.138. The lowest BCUT2D eigenvalue weighted by Gasteiger charge is -2.00. The van der Waals surface area contributed by atoms with E-state index in [0.717, 1.165) is 66.8 Å². The van der Waals surface area contributed by atoms with Crippen LogP contribution in [-0.2, 0) is 0 Å². The molecule has 254 valence electrons. The van der Waals surface area contributed by atoms with Gasteiger partial charge in [-0.25, -0.2) is 0 Å². The van der Waals surface area contributed by atoms with Crippen LogP contribution in [0.5, 0.6) is 0 Å². The second-order valence-electron chi connectivity index (χ2n) is 12.5. The topological polar surface area (TPSA) is 0 Å². The zero-order valence-electron chi connectivity index (χ0n) is 30.3. The van der Waals surface area contributed by atoms with Gasteiger partial charge in [0.05, 0.1) is 0 Å². The Hall–Kier alpha value is -8.54. The van der Waals surface area contributed by atoms with Gasteiger partial charge in [-0.15, -0.1) is 6.42 Å². The first-order chi connectivity index (χ1) is 27.6. The normalized spacial score (nSPS) is 9.27. The van der Waals surface area contributed by atoms with Crippen LogP contribution >= 0.6 is 0 Å². The van der Waals surface area contributed by atoms with E-state index in [0.29, 0.717) is 5.56 Å². The first kappa shape index (κ1) is 35.8. The molecule has 0 amide bonds. The third-order valence-electron chi connectivity index (χ3n) is 8.17. The molecule has 0 heteroatoms. The number of hydrogen-bond acceptors (Lipinski definition) is 0. The van der Waals surface area contributed by atoms with Crippen molar-refractivity contribution in [1.82, 2.24) is 0 Å². The van der Waals surface area contributed by atoms with Crippen molar-refractivity contribution in [3.63, 3.8) is 0 Å². The molecule has 0 aliphatic heterocycles. The third kappa shape index (κ3) is 10.7. The van der Waals surface area contributed by atoms with Gasteiger partial charge in [0.25, 0.3) is 0 Å². The van der Waals surface area contributed by atoms with E-state index in [1.54, 1.807) is 0 Å². The van der Waals surface area contributed by atoms with Crippen molar-refractivity contribution >= 4 is 0 Å². The summed E-state index contributed by atoms with van der Waals surface area (Å²) >= 11 is 0. The number of rotatable bonds is 0. The van der Waals surface area contributed by atoms with E-state index < -0.39 is 0 Å². The van der Waals surface area contributed by atoms with Gasteiger partial charge in [-0.3, -0.25) is 0 Å². The van der Waals surface area contributed by atoms with Crippen molar-refractivity contribution in [3.8, 4) is 83.4 Å². The lowest BCUT2D eigenvalue weighted by Crippen LogP contribution is -1.87. The maximum absolute atomic E-state index is 5.90. The average Bonchev–Trinajstić information content (AvgIpc) is 3.26. The SMILES string of the molecule is C#Cc1cc(C#Cc2cc(C#Cc3ccccc3)cc(C#Cc3ccccc3)c2)cc(C#Cc2cc(C#Cc3ccccc3)cc(C#Cc3ccccc3)c2)c1. The van der Waals surface area contributed by atoms with E-state index in [1.165, 1.54) is 0 Å². The minimum Gasteiger partial charge on any atom is -0.115 e. The van der Waals surface area contributed by atoms with E-state index >= 15 is 0 Å². The highest BCUT2D eigenvalue weighted by Gasteiger charge is 2.01. The first-order valence-corrected chi connectivity index (χ1v) is 17.9. The second kappa shape index (κ2) is 18.3. The van der Waals surface area contributed by atoms with Crippen molar-refractivity contribution < 1.29 is 0 Å². The number of hydrogen-bond donors (Lipinski definition) is 0. The van der Waals surface area contributed by atoms with Crippen molar-refractivity contribution in [2.24, 2.45) is 0 Å². The van der Waals surface area contributed by atoms with Gasteiger partial charge in [-0.1, -0.05) is 150 Å². The van der Waals surface area contributed by atoms with E-state index in [4.69, 9.17) is 6.42 Å². The van der Waals surface area contributed by atoms with Crippen LogP contribution in [-0.4, -0.2) is 0 Å². The molecular formula is C56H30. The summed E-state index contributed by atoms with van der Waals surface area (Å²) in [7, 11) is 0. The van der Waals surface area contributed by atoms with Crippen LogP contribution in [0.3, 0.4) is 0 Å². The van der Waals surface area contributed by atoms with Gasteiger partial charge in [0.1, 0.15) is 0 Å². The highest BCUT2D eigenvalue weighted by atomic mass is 14.0. The minimum absolute atomic E-state index is 0.690. The second-order valence-corrected chi connectivity index (χ2v) is 12.5. The Morgan fingerprint density at radius 3 is 0.536 bits per heavy atom. The largest absolute Gasteiger partial charge is 0.115 e. The van der Waals surface area contributed by atoms with Crippen molar-refractivity contribution in [3.05, 3.63) is 248 Å². The van der Waals surface area contributed by atoms with Gasteiger partial charge in [-0.05, 0) is 103 Å². The highest BCUT2D eigenvalue weighted by Crippen LogP contribution is 2.14. The molecule has 7 aromatic carbocycles. The zero-order chi connectivity index (χ0) is 38.2. The maximum Gasteiger partial charge on any atom is 0.0273 e. The van der Waals surface area contributed by atoms with Gasteiger partial charge in [0.15, 0.2) is 0 Å². The monoisotopic (exact) mass is 702 g/mol.